The smallest absolute Gasteiger partial charge is 0.122 e. The summed E-state index contributed by atoms with van der Waals surface area (Å²) >= 11 is 6.39. The van der Waals surface area contributed by atoms with E-state index in [-0.39, 0.29) is 5.84 Å². The highest BCUT2D eigenvalue weighted by Crippen LogP contribution is 2.30. The van der Waals surface area contributed by atoms with Gasteiger partial charge in [-0.3, -0.25) is 5.41 Å². The van der Waals surface area contributed by atoms with Crippen LogP contribution in [0, 0.1) is 5.41 Å². The number of nitrogen functional groups attached to an aromatic ring is 1. The second-order valence-corrected chi connectivity index (χ2v) is 5.78. The van der Waals surface area contributed by atoms with Crippen molar-refractivity contribution < 1.29 is 0 Å². The molecule has 2 aromatic carbocycles. The van der Waals surface area contributed by atoms with Crippen molar-refractivity contribution >= 4 is 23.1 Å². The summed E-state index contributed by atoms with van der Waals surface area (Å²) in [5, 5.41) is 8.14. The number of aryl methyl sites for hydroxylation is 1. The summed E-state index contributed by atoms with van der Waals surface area (Å²) in [5.41, 5.74) is 9.98. The molecule has 3 rings (SSSR count). The molecule has 1 aliphatic heterocycles. The van der Waals surface area contributed by atoms with Crippen molar-refractivity contribution in [2.45, 2.75) is 19.4 Å². The van der Waals surface area contributed by atoms with Gasteiger partial charge in [0.25, 0.3) is 0 Å². The molecule has 0 radical (unpaired) electrons. The van der Waals surface area contributed by atoms with Crippen molar-refractivity contribution in [3.05, 3.63) is 64.2 Å². The molecule has 0 aromatic heterocycles. The monoisotopic (exact) mass is 299 g/mol. The van der Waals surface area contributed by atoms with Crippen LogP contribution >= 0.6 is 11.6 Å². The molecule has 0 fully saturated rings. The van der Waals surface area contributed by atoms with Crippen LogP contribution in [0.15, 0.2) is 42.5 Å². The molecule has 0 saturated heterocycles. The molecule has 0 amide bonds. The van der Waals surface area contributed by atoms with Crippen LogP contribution in [0.1, 0.15) is 23.1 Å². The normalized spacial score (nSPS) is 14.4. The van der Waals surface area contributed by atoms with Gasteiger partial charge in [-0.2, -0.15) is 0 Å². The van der Waals surface area contributed by atoms with Gasteiger partial charge in [0.05, 0.1) is 10.7 Å². The molecule has 0 bridgehead atoms. The lowest BCUT2D eigenvalue weighted by Crippen LogP contribution is -2.23. The zero-order valence-electron chi connectivity index (χ0n) is 11.8. The van der Waals surface area contributed by atoms with E-state index in [0.717, 1.165) is 31.6 Å². The molecule has 0 spiro atoms. The van der Waals surface area contributed by atoms with Gasteiger partial charge in [-0.25, -0.2) is 0 Å². The van der Waals surface area contributed by atoms with E-state index >= 15 is 0 Å². The summed E-state index contributed by atoms with van der Waals surface area (Å²) in [5.74, 6) is 0.0460. The Labute approximate surface area is 129 Å². The quantitative estimate of drug-likeness (QED) is 0.658. The molecular formula is C17H18ClN3. The van der Waals surface area contributed by atoms with E-state index in [2.05, 4.69) is 29.2 Å². The number of hydrogen-bond donors (Lipinski definition) is 2. The molecule has 4 heteroatoms. The van der Waals surface area contributed by atoms with Gasteiger partial charge in [0, 0.05) is 18.7 Å². The molecule has 3 N–H and O–H groups in total. The van der Waals surface area contributed by atoms with Crippen LogP contribution in [0.2, 0.25) is 5.02 Å². The second-order valence-electron chi connectivity index (χ2n) is 5.37. The lowest BCUT2D eigenvalue weighted by molar-refractivity contribution is 0.766. The average molecular weight is 300 g/mol. The van der Waals surface area contributed by atoms with Crippen LogP contribution in [0.3, 0.4) is 0 Å². The van der Waals surface area contributed by atoms with Crippen molar-refractivity contribution in [2.24, 2.45) is 5.73 Å². The predicted octanol–water partition coefficient (Wildman–Crippen LogP) is 3.58. The number of nitrogens with zero attached hydrogens (tertiary/aromatic N) is 1. The number of fused-ring (bicyclic) bond motifs is 1. The van der Waals surface area contributed by atoms with Crippen LogP contribution < -0.4 is 10.6 Å². The fraction of sp³-hybridized carbons (Fsp3) is 0.235. The first-order chi connectivity index (χ1) is 10.1. The van der Waals surface area contributed by atoms with E-state index in [1.54, 1.807) is 6.07 Å². The molecule has 108 valence electrons. The molecular weight excluding hydrogens is 282 g/mol. The zero-order chi connectivity index (χ0) is 14.8. The molecule has 0 saturated carbocycles. The van der Waals surface area contributed by atoms with Crippen molar-refractivity contribution in [2.75, 3.05) is 11.4 Å². The average Bonchev–Trinajstić information content (AvgIpc) is 2.69. The molecule has 3 nitrogen and oxygen atoms in total. The van der Waals surface area contributed by atoms with Gasteiger partial charge >= 0.3 is 0 Å². The van der Waals surface area contributed by atoms with E-state index in [1.165, 1.54) is 11.1 Å². The number of nitrogens with two attached hydrogens (primary N) is 1. The molecule has 1 heterocycles. The Balaban J connectivity index is 1.92. The summed E-state index contributed by atoms with van der Waals surface area (Å²) < 4.78 is 0. The van der Waals surface area contributed by atoms with E-state index in [9.17, 15) is 0 Å². The molecule has 1 aliphatic rings. The summed E-state index contributed by atoms with van der Waals surface area (Å²) in [6, 6.07) is 14.2. The van der Waals surface area contributed by atoms with Gasteiger partial charge in [0.15, 0.2) is 0 Å². The predicted molar refractivity (Wildman–Crippen MR) is 88.3 cm³/mol. The number of hydrogen-bond acceptors (Lipinski definition) is 2. The minimum Gasteiger partial charge on any atom is -0.384 e. The maximum absolute atomic E-state index is 7.48. The van der Waals surface area contributed by atoms with Crippen LogP contribution in [0.5, 0.6) is 0 Å². The highest BCUT2D eigenvalue weighted by Gasteiger charge is 2.16. The van der Waals surface area contributed by atoms with E-state index < -0.39 is 0 Å². The van der Waals surface area contributed by atoms with Gasteiger partial charge in [-0.1, -0.05) is 35.9 Å². The Bertz CT molecular complexity index is 681. The van der Waals surface area contributed by atoms with E-state index in [0.29, 0.717) is 10.6 Å². The highest BCUT2D eigenvalue weighted by atomic mass is 35.5. The Morgan fingerprint density at radius 2 is 1.90 bits per heavy atom. The topological polar surface area (TPSA) is 53.1 Å². The Morgan fingerprint density at radius 3 is 2.62 bits per heavy atom. The highest BCUT2D eigenvalue weighted by molar-refractivity contribution is 6.33. The summed E-state index contributed by atoms with van der Waals surface area (Å²) in [6.07, 6.45) is 2.22. The number of halogens is 1. The number of anilines is 1. The SMILES string of the molecule is N=C(N)c1ccc(N2CCCc3ccccc3C2)c(Cl)c1. The van der Waals surface area contributed by atoms with Crippen LogP contribution in [-0.2, 0) is 13.0 Å². The Hall–Kier alpha value is -2.00. The van der Waals surface area contributed by atoms with Crippen molar-refractivity contribution in [3.63, 3.8) is 0 Å². The Morgan fingerprint density at radius 1 is 1.14 bits per heavy atom. The lowest BCUT2D eigenvalue weighted by atomic mass is 10.0. The van der Waals surface area contributed by atoms with E-state index in [4.69, 9.17) is 22.7 Å². The lowest BCUT2D eigenvalue weighted by Gasteiger charge is -2.24. The third-order valence-corrected chi connectivity index (χ3v) is 4.26. The second kappa shape index (κ2) is 5.78. The molecule has 0 atom stereocenters. The minimum atomic E-state index is 0.0460. The van der Waals surface area contributed by atoms with E-state index in [1.807, 2.05) is 12.1 Å². The van der Waals surface area contributed by atoms with Gasteiger partial charge in [-0.05, 0) is 42.2 Å². The number of nitrogens with one attached hydrogen (secondary N) is 1. The fourth-order valence-corrected chi connectivity index (χ4v) is 3.14. The van der Waals surface area contributed by atoms with Crippen LogP contribution in [-0.4, -0.2) is 12.4 Å². The van der Waals surface area contributed by atoms with Gasteiger partial charge in [-0.15, -0.1) is 0 Å². The maximum atomic E-state index is 7.48. The third kappa shape index (κ3) is 2.88. The van der Waals surface area contributed by atoms with Crippen LogP contribution in [0.25, 0.3) is 0 Å². The minimum absolute atomic E-state index is 0.0460. The molecule has 2 aromatic rings. The summed E-state index contributed by atoms with van der Waals surface area (Å²) in [6.45, 7) is 1.85. The van der Waals surface area contributed by atoms with Crippen molar-refractivity contribution in [3.8, 4) is 0 Å². The molecule has 0 aliphatic carbocycles. The first kappa shape index (κ1) is 14.0. The third-order valence-electron chi connectivity index (χ3n) is 3.95. The Kier molecular flexibility index (Phi) is 3.84. The molecule has 21 heavy (non-hydrogen) atoms. The number of benzene rings is 2. The van der Waals surface area contributed by atoms with Gasteiger partial charge in [0.2, 0.25) is 0 Å². The van der Waals surface area contributed by atoms with Crippen LogP contribution in [0.4, 0.5) is 5.69 Å². The maximum Gasteiger partial charge on any atom is 0.122 e. The summed E-state index contributed by atoms with van der Waals surface area (Å²) in [4.78, 5) is 2.30. The first-order valence-electron chi connectivity index (χ1n) is 7.11. The molecule has 0 unspecified atom stereocenters. The number of amidine groups is 1. The largest absolute Gasteiger partial charge is 0.384 e. The number of rotatable bonds is 2. The first-order valence-corrected chi connectivity index (χ1v) is 7.48. The van der Waals surface area contributed by atoms with Crippen molar-refractivity contribution in [1.82, 2.24) is 0 Å². The standard InChI is InChI=1S/C17H18ClN3/c18-15-10-13(17(19)20)7-8-16(15)21-9-3-6-12-4-1-2-5-14(12)11-21/h1-2,4-5,7-8,10H,3,6,9,11H2,(H3,19,20). The van der Waals surface area contributed by atoms with Gasteiger partial charge in [0.1, 0.15) is 5.84 Å². The van der Waals surface area contributed by atoms with Gasteiger partial charge < -0.3 is 10.6 Å². The zero-order valence-corrected chi connectivity index (χ0v) is 12.5. The fourth-order valence-electron chi connectivity index (χ4n) is 2.84. The van der Waals surface area contributed by atoms with Crippen molar-refractivity contribution in [1.29, 1.82) is 5.41 Å². The summed E-state index contributed by atoms with van der Waals surface area (Å²) in [7, 11) is 0.